The fourth-order valence-electron chi connectivity index (χ4n) is 0.802. The van der Waals surface area contributed by atoms with Crippen LogP contribution in [0.1, 0.15) is 12.8 Å². The highest BCUT2D eigenvalue weighted by Crippen LogP contribution is 2.11. The molecular weight excluding hydrogens is 122 g/mol. The third-order valence-electron chi connectivity index (χ3n) is 1.25. The van der Waals surface area contributed by atoms with Gasteiger partial charge in [0.05, 0.1) is 0 Å². The van der Waals surface area contributed by atoms with Crippen molar-refractivity contribution in [1.29, 1.82) is 0 Å². The summed E-state index contributed by atoms with van der Waals surface area (Å²) in [4.78, 5) is 0.502. The summed E-state index contributed by atoms with van der Waals surface area (Å²) in [6, 6.07) is 0. The molecule has 0 aromatic rings. The van der Waals surface area contributed by atoms with Crippen molar-refractivity contribution in [2.75, 3.05) is 6.61 Å². The monoisotopic (exact) mass is 131 g/mol. The number of hydrogen-bond donors (Lipinski definition) is 1. The van der Waals surface area contributed by atoms with Crippen LogP contribution in [0.25, 0.3) is 0 Å². The molecule has 0 aromatic carbocycles. The molecule has 0 amide bonds. The SMILES string of the molecule is NC(=S)[C@H]1CCCO1. The second kappa shape index (κ2) is 2.42. The minimum absolute atomic E-state index is 0.0741. The molecule has 0 aromatic heterocycles. The zero-order valence-corrected chi connectivity index (χ0v) is 5.41. The van der Waals surface area contributed by atoms with Gasteiger partial charge in [0.25, 0.3) is 0 Å². The van der Waals surface area contributed by atoms with E-state index in [9.17, 15) is 0 Å². The Kier molecular flexibility index (Phi) is 1.81. The smallest absolute Gasteiger partial charge is 0.107 e. The van der Waals surface area contributed by atoms with Crippen LogP contribution in [0.5, 0.6) is 0 Å². The van der Waals surface area contributed by atoms with Gasteiger partial charge in [-0.2, -0.15) is 0 Å². The first kappa shape index (κ1) is 5.98. The van der Waals surface area contributed by atoms with Gasteiger partial charge in [-0.3, -0.25) is 0 Å². The summed E-state index contributed by atoms with van der Waals surface area (Å²) in [5, 5.41) is 0. The summed E-state index contributed by atoms with van der Waals surface area (Å²) in [5.41, 5.74) is 5.30. The van der Waals surface area contributed by atoms with Crippen LogP contribution in [-0.2, 0) is 4.74 Å². The lowest BCUT2D eigenvalue weighted by Gasteiger charge is -2.03. The highest BCUT2D eigenvalue weighted by atomic mass is 32.1. The summed E-state index contributed by atoms with van der Waals surface area (Å²) >= 11 is 4.71. The normalized spacial score (nSPS) is 28.2. The maximum Gasteiger partial charge on any atom is 0.107 e. The second-order valence-corrected chi connectivity index (χ2v) is 2.38. The molecule has 2 N–H and O–H groups in total. The molecule has 1 atom stereocenters. The molecule has 0 spiro atoms. The van der Waals surface area contributed by atoms with E-state index in [2.05, 4.69) is 0 Å². The minimum Gasteiger partial charge on any atom is -0.391 e. The van der Waals surface area contributed by atoms with Crippen LogP contribution in [0, 0.1) is 0 Å². The van der Waals surface area contributed by atoms with E-state index in [1.807, 2.05) is 0 Å². The van der Waals surface area contributed by atoms with Gasteiger partial charge in [-0.1, -0.05) is 12.2 Å². The van der Waals surface area contributed by atoms with Crippen LogP contribution in [0.4, 0.5) is 0 Å². The fourth-order valence-corrected chi connectivity index (χ4v) is 0.988. The molecule has 1 aliphatic heterocycles. The van der Waals surface area contributed by atoms with Gasteiger partial charge in [0.2, 0.25) is 0 Å². The van der Waals surface area contributed by atoms with E-state index in [1.165, 1.54) is 0 Å². The zero-order chi connectivity index (χ0) is 5.98. The number of thiocarbonyl (C=S) groups is 1. The van der Waals surface area contributed by atoms with Crippen LogP contribution in [-0.4, -0.2) is 17.7 Å². The van der Waals surface area contributed by atoms with Gasteiger partial charge in [-0.25, -0.2) is 0 Å². The van der Waals surface area contributed by atoms with Crippen molar-refractivity contribution in [3.8, 4) is 0 Å². The molecular formula is C5H9NOS. The Morgan fingerprint density at radius 1 is 1.75 bits per heavy atom. The highest BCUT2D eigenvalue weighted by Gasteiger charge is 2.16. The van der Waals surface area contributed by atoms with E-state index >= 15 is 0 Å². The summed E-state index contributed by atoms with van der Waals surface area (Å²) < 4.78 is 5.15. The van der Waals surface area contributed by atoms with E-state index in [-0.39, 0.29) is 6.10 Å². The molecule has 1 aliphatic rings. The molecule has 0 radical (unpaired) electrons. The summed E-state index contributed by atoms with van der Waals surface area (Å²) in [6.45, 7) is 0.821. The highest BCUT2D eigenvalue weighted by molar-refractivity contribution is 7.80. The number of ether oxygens (including phenoxy) is 1. The first-order chi connectivity index (χ1) is 3.80. The van der Waals surface area contributed by atoms with E-state index in [0.717, 1.165) is 19.4 Å². The lowest BCUT2D eigenvalue weighted by Crippen LogP contribution is -2.25. The molecule has 1 heterocycles. The Labute approximate surface area is 54.0 Å². The Morgan fingerprint density at radius 2 is 2.50 bits per heavy atom. The van der Waals surface area contributed by atoms with Crippen molar-refractivity contribution < 1.29 is 4.74 Å². The Balaban J connectivity index is 2.35. The Bertz CT molecular complexity index is 98.6. The molecule has 8 heavy (non-hydrogen) atoms. The molecule has 46 valence electrons. The van der Waals surface area contributed by atoms with Crippen molar-refractivity contribution in [3.05, 3.63) is 0 Å². The predicted octanol–water partition coefficient (Wildman–Crippen LogP) is 0.452. The topological polar surface area (TPSA) is 35.2 Å². The van der Waals surface area contributed by atoms with Crippen molar-refractivity contribution in [1.82, 2.24) is 0 Å². The van der Waals surface area contributed by atoms with Crippen molar-refractivity contribution in [2.24, 2.45) is 5.73 Å². The zero-order valence-electron chi connectivity index (χ0n) is 4.59. The van der Waals surface area contributed by atoms with Crippen molar-refractivity contribution in [3.63, 3.8) is 0 Å². The first-order valence-electron chi connectivity index (χ1n) is 2.71. The van der Waals surface area contributed by atoms with Crippen LogP contribution < -0.4 is 5.73 Å². The summed E-state index contributed by atoms with van der Waals surface area (Å²) in [5.74, 6) is 0. The predicted molar refractivity (Wildman–Crippen MR) is 35.8 cm³/mol. The van der Waals surface area contributed by atoms with E-state index < -0.39 is 0 Å². The van der Waals surface area contributed by atoms with Gasteiger partial charge in [0.1, 0.15) is 11.1 Å². The number of rotatable bonds is 1. The Morgan fingerprint density at radius 3 is 2.75 bits per heavy atom. The molecule has 0 unspecified atom stereocenters. The first-order valence-corrected chi connectivity index (χ1v) is 3.12. The third kappa shape index (κ3) is 1.17. The second-order valence-electron chi connectivity index (χ2n) is 1.90. The molecule has 1 fully saturated rings. The van der Waals surface area contributed by atoms with Gasteiger partial charge in [-0.05, 0) is 12.8 Å². The molecule has 0 bridgehead atoms. The third-order valence-corrected chi connectivity index (χ3v) is 1.51. The van der Waals surface area contributed by atoms with Crippen LogP contribution >= 0.6 is 12.2 Å². The fraction of sp³-hybridized carbons (Fsp3) is 0.800. The molecule has 0 saturated carbocycles. The summed E-state index contributed by atoms with van der Waals surface area (Å²) in [6.07, 6.45) is 2.18. The van der Waals surface area contributed by atoms with Gasteiger partial charge < -0.3 is 10.5 Å². The summed E-state index contributed by atoms with van der Waals surface area (Å²) in [7, 11) is 0. The minimum atomic E-state index is 0.0741. The number of hydrogen-bond acceptors (Lipinski definition) is 2. The van der Waals surface area contributed by atoms with E-state index in [0.29, 0.717) is 4.99 Å². The van der Waals surface area contributed by atoms with Gasteiger partial charge in [0, 0.05) is 6.61 Å². The van der Waals surface area contributed by atoms with E-state index in [4.69, 9.17) is 22.7 Å². The van der Waals surface area contributed by atoms with Gasteiger partial charge in [-0.15, -0.1) is 0 Å². The van der Waals surface area contributed by atoms with Crippen LogP contribution in [0.15, 0.2) is 0 Å². The quantitative estimate of drug-likeness (QED) is 0.525. The molecule has 3 heteroatoms. The lowest BCUT2D eigenvalue weighted by molar-refractivity contribution is 0.159. The lowest BCUT2D eigenvalue weighted by atomic mass is 10.2. The standard InChI is InChI=1S/C5H9NOS/c6-5(8)4-2-1-3-7-4/h4H,1-3H2,(H2,6,8)/t4-/m1/s1. The average molecular weight is 131 g/mol. The molecule has 0 aliphatic carbocycles. The number of nitrogens with two attached hydrogens (primary N) is 1. The van der Waals surface area contributed by atoms with E-state index in [1.54, 1.807) is 0 Å². The maximum atomic E-state index is 5.30. The van der Waals surface area contributed by atoms with Gasteiger partial charge >= 0.3 is 0 Å². The largest absolute Gasteiger partial charge is 0.391 e. The Hall–Kier alpha value is -0.150. The molecule has 2 nitrogen and oxygen atoms in total. The van der Waals surface area contributed by atoms with Crippen molar-refractivity contribution in [2.45, 2.75) is 18.9 Å². The maximum absolute atomic E-state index is 5.30. The van der Waals surface area contributed by atoms with Gasteiger partial charge in [0.15, 0.2) is 0 Å². The molecule has 1 saturated heterocycles. The van der Waals surface area contributed by atoms with Crippen molar-refractivity contribution >= 4 is 17.2 Å². The average Bonchev–Trinajstić information content (AvgIpc) is 2.12. The molecule has 1 rings (SSSR count). The van der Waals surface area contributed by atoms with Crippen LogP contribution in [0.3, 0.4) is 0 Å². The van der Waals surface area contributed by atoms with Crippen LogP contribution in [0.2, 0.25) is 0 Å².